The maximum atomic E-state index is 8.98. The van der Waals surface area contributed by atoms with Gasteiger partial charge in [-0.25, -0.2) is 0 Å². The minimum Gasteiger partial charge on any atom is -0.379 e. The number of halogens is 1. The Bertz CT molecular complexity index is 62.1. The van der Waals surface area contributed by atoms with E-state index in [9.17, 15) is 0 Å². The van der Waals surface area contributed by atoms with Crippen LogP contribution in [0.25, 0.3) is 0 Å². The van der Waals surface area contributed by atoms with Gasteiger partial charge < -0.3 is 5.11 Å². The van der Waals surface area contributed by atoms with E-state index in [1.165, 1.54) is 19.3 Å². The molecule has 0 aromatic heterocycles. The van der Waals surface area contributed by atoms with E-state index >= 15 is 0 Å². The Morgan fingerprint density at radius 1 is 1.22 bits per heavy atom. The smallest absolute Gasteiger partial charge is 0.104 e. The third kappa shape index (κ3) is 3.73. The van der Waals surface area contributed by atoms with Crippen molar-refractivity contribution in [1.82, 2.24) is 5.32 Å². The quantitative estimate of drug-likeness (QED) is 0.539. The molecule has 1 saturated heterocycles. The van der Waals surface area contributed by atoms with Crippen molar-refractivity contribution < 1.29 is 5.11 Å². The molecule has 0 aromatic rings. The van der Waals surface area contributed by atoms with Gasteiger partial charge in [0.05, 0.1) is 0 Å². The summed E-state index contributed by atoms with van der Waals surface area (Å²) in [5.41, 5.74) is 0. The summed E-state index contributed by atoms with van der Waals surface area (Å²) in [5.74, 6) is 0. The first kappa shape index (κ1) is 9.21. The monoisotopic (exact) mass is 151 g/mol. The largest absolute Gasteiger partial charge is 0.379 e. The molecule has 2 nitrogen and oxygen atoms in total. The van der Waals surface area contributed by atoms with E-state index in [1.807, 2.05) is 0 Å². The van der Waals surface area contributed by atoms with Crippen molar-refractivity contribution in [2.75, 3.05) is 6.54 Å². The zero-order valence-electron chi connectivity index (χ0n) is 5.47. The van der Waals surface area contributed by atoms with Crippen LogP contribution in [0.2, 0.25) is 0 Å². The number of hydrogen-bond donors (Lipinski definition) is 2. The third-order valence-corrected chi connectivity index (χ3v) is 1.53. The van der Waals surface area contributed by atoms with Crippen LogP contribution in [-0.4, -0.2) is 17.9 Å². The molecule has 56 valence electrons. The maximum Gasteiger partial charge on any atom is 0.104 e. The summed E-state index contributed by atoms with van der Waals surface area (Å²) in [6.45, 7) is 0.987. The molecular weight excluding hydrogens is 138 g/mol. The molecule has 3 heteroatoms. The van der Waals surface area contributed by atoms with E-state index in [-0.39, 0.29) is 18.6 Å². The Kier molecular flexibility index (Phi) is 5.15. The van der Waals surface area contributed by atoms with Crippen LogP contribution in [0.15, 0.2) is 0 Å². The van der Waals surface area contributed by atoms with Crippen LogP contribution in [-0.2, 0) is 0 Å². The molecule has 1 fully saturated rings. The maximum absolute atomic E-state index is 8.98. The average molecular weight is 152 g/mol. The van der Waals surface area contributed by atoms with Crippen LogP contribution in [0.3, 0.4) is 0 Å². The summed E-state index contributed by atoms with van der Waals surface area (Å²) in [6, 6.07) is 0. The molecule has 0 aliphatic carbocycles. The number of nitrogens with one attached hydrogen (secondary N) is 1. The fourth-order valence-corrected chi connectivity index (χ4v) is 1.01. The molecule has 1 aliphatic heterocycles. The van der Waals surface area contributed by atoms with Crippen molar-refractivity contribution in [2.24, 2.45) is 0 Å². The lowest BCUT2D eigenvalue weighted by Gasteiger charge is -2.05. The first-order chi connectivity index (χ1) is 3.89. The zero-order valence-corrected chi connectivity index (χ0v) is 6.28. The zero-order chi connectivity index (χ0) is 5.82. The number of hydrogen-bond acceptors (Lipinski definition) is 2. The van der Waals surface area contributed by atoms with Gasteiger partial charge in [0.2, 0.25) is 0 Å². The summed E-state index contributed by atoms with van der Waals surface area (Å²) in [7, 11) is 0. The summed E-state index contributed by atoms with van der Waals surface area (Å²) >= 11 is 0. The van der Waals surface area contributed by atoms with E-state index in [0.29, 0.717) is 0 Å². The summed E-state index contributed by atoms with van der Waals surface area (Å²) in [6.07, 6.45) is 4.37. The second-order valence-electron chi connectivity index (χ2n) is 2.32. The average Bonchev–Trinajstić information content (AvgIpc) is 1.94. The molecule has 1 unspecified atom stereocenters. The Morgan fingerprint density at radius 3 is 2.78 bits per heavy atom. The predicted octanol–water partition coefficient (Wildman–Crippen LogP) is 0.890. The molecule has 0 spiro atoms. The van der Waals surface area contributed by atoms with Crippen molar-refractivity contribution in [3.05, 3.63) is 0 Å². The van der Waals surface area contributed by atoms with Gasteiger partial charge in [0.15, 0.2) is 0 Å². The van der Waals surface area contributed by atoms with Gasteiger partial charge in [0.1, 0.15) is 6.23 Å². The van der Waals surface area contributed by atoms with E-state index in [0.717, 1.165) is 13.0 Å². The Hall–Kier alpha value is 0.210. The van der Waals surface area contributed by atoms with Gasteiger partial charge in [0, 0.05) is 0 Å². The molecule has 0 amide bonds. The van der Waals surface area contributed by atoms with Crippen LogP contribution >= 0.6 is 12.4 Å². The third-order valence-electron chi connectivity index (χ3n) is 1.53. The van der Waals surface area contributed by atoms with Gasteiger partial charge in [-0.05, 0) is 25.8 Å². The van der Waals surface area contributed by atoms with Crippen molar-refractivity contribution >= 4 is 12.4 Å². The van der Waals surface area contributed by atoms with Gasteiger partial charge in [-0.2, -0.15) is 0 Å². The van der Waals surface area contributed by atoms with E-state index in [4.69, 9.17) is 5.11 Å². The van der Waals surface area contributed by atoms with E-state index in [1.54, 1.807) is 0 Å². The molecule has 1 heterocycles. The summed E-state index contributed by atoms with van der Waals surface area (Å²) in [5, 5.41) is 12.0. The van der Waals surface area contributed by atoms with E-state index < -0.39 is 0 Å². The Balaban J connectivity index is 0.000000640. The standard InChI is InChI=1S/C6H13NO.ClH/c8-6-4-2-1-3-5-7-6;/h6-8H,1-5H2;1H. The lowest BCUT2D eigenvalue weighted by atomic mass is 10.2. The van der Waals surface area contributed by atoms with Crippen LogP contribution < -0.4 is 5.32 Å². The molecule has 0 radical (unpaired) electrons. The molecular formula is C6H14ClNO. The number of rotatable bonds is 0. The molecule has 1 rings (SSSR count). The highest BCUT2D eigenvalue weighted by Gasteiger charge is 2.05. The fraction of sp³-hybridized carbons (Fsp3) is 1.00. The molecule has 9 heavy (non-hydrogen) atoms. The molecule has 0 aromatic carbocycles. The second-order valence-corrected chi connectivity index (χ2v) is 2.32. The highest BCUT2D eigenvalue weighted by molar-refractivity contribution is 5.85. The lowest BCUT2D eigenvalue weighted by Crippen LogP contribution is -2.27. The molecule has 0 saturated carbocycles. The molecule has 1 atom stereocenters. The van der Waals surface area contributed by atoms with Crippen molar-refractivity contribution in [3.8, 4) is 0 Å². The van der Waals surface area contributed by atoms with Crippen LogP contribution in [0.4, 0.5) is 0 Å². The fourth-order valence-electron chi connectivity index (χ4n) is 1.01. The molecule has 2 N–H and O–H groups in total. The Labute approximate surface area is 62.1 Å². The highest BCUT2D eigenvalue weighted by atomic mass is 35.5. The lowest BCUT2D eigenvalue weighted by molar-refractivity contribution is 0.134. The van der Waals surface area contributed by atoms with Crippen LogP contribution in [0, 0.1) is 0 Å². The predicted molar refractivity (Wildman–Crippen MR) is 39.7 cm³/mol. The minimum atomic E-state index is -0.225. The van der Waals surface area contributed by atoms with Gasteiger partial charge in [-0.1, -0.05) is 6.42 Å². The first-order valence-electron chi connectivity index (χ1n) is 3.31. The van der Waals surface area contributed by atoms with Crippen LogP contribution in [0.5, 0.6) is 0 Å². The van der Waals surface area contributed by atoms with Gasteiger partial charge in [-0.15, -0.1) is 12.4 Å². The second kappa shape index (κ2) is 5.03. The van der Waals surface area contributed by atoms with Crippen LogP contribution in [0.1, 0.15) is 25.7 Å². The van der Waals surface area contributed by atoms with Crippen molar-refractivity contribution in [3.63, 3.8) is 0 Å². The van der Waals surface area contributed by atoms with Gasteiger partial charge in [0.25, 0.3) is 0 Å². The minimum absolute atomic E-state index is 0. The number of aliphatic hydroxyl groups excluding tert-OH is 1. The topological polar surface area (TPSA) is 32.3 Å². The molecule has 0 bridgehead atoms. The van der Waals surface area contributed by atoms with Gasteiger partial charge >= 0.3 is 0 Å². The number of aliphatic hydroxyl groups is 1. The molecule has 1 aliphatic rings. The first-order valence-corrected chi connectivity index (χ1v) is 3.31. The van der Waals surface area contributed by atoms with Crippen molar-refractivity contribution in [2.45, 2.75) is 31.9 Å². The Morgan fingerprint density at radius 2 is 2.00 bits per heavy atom. The summed E-state index contributed by atoms with van der Waals surface area (Å²) in [4.78, 5) is 0. The summed E-state index contributed by atoms with van der Waals surface area (Å²) < 4.78 is 0. The SMILES string of the molecule is Cl.OC1CCCCCN1. The van der Waals surface area contributed by atoms with Gasteiger partial charge in [-0.3, -0.25) is 5.32 Å². The van der Waals surface area contributed by atoms with Crippen molar-refractivity contribution in [1.29, 1.82) is 0 Å². The highest BCUT2D eigenvalue weighted by Crippen LogP contribution is 2.05. The van der Waals surface area contributed by atoms with E-state index in [2.05, 4.69) is 5.32 Å². The normalized spacial score (nSPS) is 28.3.